The predicted octanol–water partition coefficient (Wildman–Crippen LogP) is 1.99. The van der Waals surface area contributed by atoms with E-state index in [1.165, 1.54) is 0 Å². The number of ether oxygens (including phenoxy) is 2. The van der Waals surface area contributed by atoms with Crippen LogP contribution in [0.4, 0.5) is 5.69 Å². The first-order chi connectivity index (χ1) is 11.1. The van der Waals surface area contributed by atoms with E-state index in [4.69, 9.17) is 13.9 Å². The van der Waals surface area contributed by atoms with Crippen molar-refractivity contribution in [3.63, 3.8) is 0 Å². The van der Waals surface area contributed by atoms with E-state index in [9.17, 15) is 9.59 Å². The maximum Gasteiger partial charge on any atom is 0.417 e. The zero-order chi connectivity index (χ0) is 15.9. The number of amides is 1. The van der Waals surface area contributed by atoms with Crippen molar-refractivity contribution in [2.45, 2.75) is 31.5 Å². The standard InChI is InChI=1S/C16H18N2O5/c19-14(10-3-5-16(6-4-10)21-7-8-22-16)17-11-1-2-12-13(9-11)23-15(20)18-12/h1-2,9-10H,3-8H2,(H,17,19)(H,18,20). The van der Waals surface area contributed by atoms with E-state index in [2.05, 4.69) is 10.3 Å². The molecule has 1 aliphatic carbocycles. The van der Waals surface area contributed by atoms with Gasteiger partial charge in [0.15, 0.2) is 11.4 Å². The number of carbonyl (C=O) groups is 1. The summed E-state index contributed by atoms with van der Waals surface area (Å²) in [6.07, 6.45) is 2.98. The molecule has 0 atom stereocenters. The Kier molecular flexibility index (Phi) is 3.46. The molecule has 4 rings (SSSR count). The third kappa shape index (κ3) is 2.77. The second-order valence-electron chi connectivity index (χ2n) is 6.10. The summed E-state index contributed by atoms with van der Waals surface area (Å²) in [6, 6.07) is 5.11. The summed E-state index contributed by atoms with van der Waals surface area (Å²) in [5, 5.41) is 2.90. The van der Waals surface area contributed by atoms with Gasteiger partial charge in [-0.2, -0.15) is 0 Å². The number of benzene rings is 1. The van der Waals surface area contributed by atoms with E-state index in [1.54, 1.807) is 18.2 Å². The van der Waals surface area contributed by atoms with Crippen molar-refractivity contribution in [2.24, 2.45) is 5.92 Å². The molecule has 0 unspecified atom stereocenters. The molecule has 1 saturated heterocycles. The normalized spacial score (nSPS) is 21.0. The lowest BCUT2D eigenvalue weighted by atomic mass is 9.84. The van der Waals surface area contributed by atoms with Gasteiger partial charge in [0.1, 0.15) is 0 Å². The summed E-state index contributed by atoms with van der Waals surface area (Å²) >= 11 is 0. The van der Waals surface area contributed by atoms with Crippen molar-refractivity contribution in [2.75, 3.05) is 18.5 Å². The molecule has 1 spiro atoms. The molecule has 7 heteroatoms. The summed E-state index contributed by atoms with van der Waals surface area (Å²) in [6.45, 7) is 1.28. The molecular formula is C16H18N2O5. The van der Waals surface area contributed by atoms with Crippen molar-refractivity contribution in [3.05, 3.63) is 28.7 Å². The second-order valence-corrected chi connectivity index (χ2v) is 6.10. The fourth-order valence-corrected chi connectivity index (χ4v) is 3.37. The van der Waals surface area contributed by atoms with Crippen LogP contribution in [0.25, 0.3) is 11.1 Å². The highest BCUT2D eigenvalue weighted by atomic mass is 16.7. The van der Waals surface area contributed by atoms with Gasteiger partial charge in [-0.1, -0.05) is 0 Å². The van der Waals surface area contributed by atoms with Crippen LogP contribution in [-0.2, 0) is 14.3 Å². The summed E-state index contributed by atoms with van der Waals surface area (Å²) in [4.78, 5) is 26.1. The molecule has 1 amide bonds. The lowest BCUT2D eigenvalue weighted by molar-refractivity contribution is -0.182. The van der Waals surface area contributed by atoms with Crippen LogP contribution in [0.2, 0.25) is 0 Å². The minimum atomic E-state index is -0.502. The fourth-order valence-electron chi connectivity index (χ4n) is 3.37. The van der Waals surface area contributed by atoms with Crippen LogP contribution in [0.3, 0.4) is 0 Å². The third-order valence-corrected chi connectivity index (χ3v) is 4.62. The number of oxazole rings is 1. The SMILES string of the molecule is O=C(Nc1ccc2[nH]c(=O)oc2c1)C1CCC2(CC1)OCCO2. The van der Waals surface area contributed by atoms with E-state index in [-0.39, 0.29) is 11.8 Å². The highest BCUT2D eigenvalue weighted by Gasteiger charge is 2.41. The Labute approximate surface area is 131 Å². The van der Waals surface area contributed by atoms with E-state index in [0.717, 1.165) is 25.7 Å². The number of carbonyl (C=O) groups excluding carboxylic acids is 1. The Morgan fingerprint density at radius 3 is 2.70 bits per heavy atom. The molecule has 7 nitrogen and oxygen atoms in total. The van der Waals surface area contributed by atoms with Crippen molar-refractivity contribution < 1.29 is 18.7 Å². The van der Waals surface area contributed by atoms with Crippen molar-refractivity contribution >= 4 is 22.7 Å². The minimum absolute atomic E-state index is 0.0184. The van der Waals surface area contributed by atoms with Crippen LogP contribution in [0.15, 0.2) is 27.4 Å². The molecule has 1 aromatic carbocycles. The molecule has 122 valence electrons. The Hall–Kier alpha value is -2.12. The number of rotatable bonds is 2. The van der Waals surface area contributed by atoms with Gasteiger partial charge in [0, 0.05) is 30.5 Å². The molecule has 0 bridgehead atoms. The van der Waals surface area contributed by atoms with Gasteiger partial charge in [0.2, 0.25) is 5.91 Å². The maximum atomic E-state index is 12.4. The molecule has 2 aliphatic rings. The number of hydrogen-bond acceptors (Lipinski definition) is 5. The summed E-state index contributed by atoms with van der Waals surface area (Å²) < 4.78 is 16.4. The van der Waals surface area contributed by atoms with Crippen LogP contribution in [0.5, 0.6) is 0 Å². The first-order valence-electron chi connectivity index (χ1n) is 7.85. The van der Waals surface area contributed by atoms with Crippen LogP contribution in [-0.4, -0.2) is 29.9 Å². The van der Waals surface area contributed by atoms with Gasteiger partial charge in [-0.25, -0.2) is 4.79 Å². The summed E-state index contributed by atoms with van der Waals surface area (Å²) in [7, 11) is 0. The summed E-state index contributed by atoms with van der Waals surface area (Å²) in [5.74, 6) is -1.03. The highest BCUT2D eigenvalue weighted by Crippen LogP contribution is 2.38. The van der Waals surface area contributed by atoms with Gasteiger partial charge >= 0.3 is 5.76 Å². The van der Waals surface area contributed by atoms with Crippen LogP contribution in [0.1, 0.15) is 25.7 Å². The predicted molar refractivity (Wildman–Crippen MR) is 82.1 cm³/mol. The Bertz CT molecular complexity index is 777. The molecule has 1 saturated carbocycles. The smallest absolute Gasteiger partial charge is 0.408 e. The lowest BCUT2D eigenvalue weighted by Gasteiger charge is -2.34. The van der Waals surface area contributed by atoms with Gasteiger partial charge in [-0.15, -0.1) is 0 Å². The number of anilines is 1. The highest BCUT2D eigenvalue weighted by molar-refractivity contribution is 5.94. The van der Waals surface area contributed by atoms with Crippen LogP contribution >= 0.6 is 0 Å². The Morgan fingerprint density at radius 2 is 1.96 bits per heavy atom. The molecule has 2 heterocycles. The van der Waals surface area contributed by atoms with E-state index in [0.29, 0.717) is 30.0 Å². The average molecular weight is 318 g/mol. The molecule has 2 N–H and O–H groups in total. The van der Waals surface area contributed by atoms with Crippen molar-refractivity contribution in [1.82, 2.24) is 4.98 Å². The number of hydrogen-bond donors (Lipinski definition) is 2. The quantitative estimate of drug-likeness (QED) is 0.883. The second kappa shape index (κ2) is 5.50. The first kappa shape index (κ1) is 14.5. The Balaban J connectivity index is 1.42. The molecule has 23 heavy (non-hydrogen) atoms. The topological polar surface area (TPSA) is 93.6 Å². The van der Waals surface area contributed by atoms with Gasteiger partial charge in [0.05, 0.1) is 18.7 Å². The summed E-state index contributed by atoms with van der Waals surface area (Å²) in [5.41, 5.74) is 1.67. The monoisotopic (exact) mass is 318 g/mol. The maximum absolute atomic E-state index is 12.4. The third-order valence-electron chi connectivity index (χ3n) is 4.62. The van der Waals surface area contributed by atoms with Gasteiger partial charge < -0.3 is 19.2 Å². The van der Waals surface area contributed by atoms with Crippen molar-refractivity contribution in [3.8, 4) is 0 Å². The number of fused-ring (bicyclic) bond motifs is 1. The van der Waals surface area contributed by atoms with Gasteiger partial charge in [0.25, 0.3) is 0 Å². The fraction of sp³-hybridized carbons (Fsp3) is 0.500. The average Bonchev–Trinajstić information content (AvgIpc) is 3.13. The molecule has 1 aliphatic heterocycles. The van der Waals surface area contributed by atoms with Gasteiger partial charge in [-0.05, 0) is 25.0 Å². The van der Waals surface area contributed by atoms with Crippen LogP contribution < -0.4 is 11.1 Å². The van der Waals surface area contributed by atoms with Crippen LogP contribution in [0, 0.1) is 5.92 Å². The molecule has 1 aromatic heterocycles. The van der Waals surface area contributed by atoms with Crippen molar-refractivity contribution in [1.29, 1.82) is 0 Å². The number of aromatic nitrogens is 1. The molecule has 2 aromatic rings. The zero-order valence-corrected chi connectivity index (χ0v) is 12.6. The zero-order valence-electron chi connectivity index (χ0n) is 12.6. The number of H-pyrrole nitrogens is 1. The Morgan fingerprint density at radius 1 is 1.22 bits per heavy atom. The van der Waals surface area contributed by atoms with Gasteiger partial charge in [-0.3, -0.25) is 9.78 Å². The minimum Gasteiger partial charge on any atom is -0.408 e. The largest absolute Gasteiger partial charge is 0.417 e. The van der Waals surface area contributed by atoms with E-state index < -0.39 is 11.5 Å². The number of aromatic amines is 1. The number of nitrogens with one attached hydrogen (secondary N) is 2. The molecule has 2 fully saturated rings. The molecule has 0 radical (unpaired) electrons. The lowest BCUT2D eigenvalue weighted by Crippen LogP contribution is -2.38. The molecular weight excluding hydrogens is 300 g/mol. The van der Waals surface area contributed by atoms with E-state index >= 15 is 0 Å². The van der Waals surface area contributed by atoms with E-state index in [1.807, 2.05) is 0 Å². The first-order valence-corrected chi connectivity index (χ1v) is 7.85.